The predicted octanol–water partition coefficient (Wildman–Crippen LogP) is 4.56. The molecule has 2 N–H and O–H groups in total. The maximum atomic E-state index is 12.1. The zero-order valence-corrected chi connectivity index (χ0v) is 12.2. The molecular formula is C17H12ClNO3. The van der Waals surface area contributed by atoms with E-state index in [0.29, 0.717) is 16.5 Å². The fourth-order valence-corrected chi connectivity index (χ4v) is 2.22. The van der Waals surface area contributed by atoms with E-state index in [4.69, 9.17) is 16.0 Å². The summed E-state index contributed by atoms with van der Waals surface area (Å²) >= 11 is 5.94. The third kappa shape index (κ3) is 3.13. The Morgan fingerprint density at radius 2 is 1.86 bits per heavy atom. The molecule has 0 bridgehead atoms. The minimum absolute atomic E-state index is 0.0804. The zero-order chi connectivity index (χ0) is 15.5. The SMILES string of the molecule is O=C(Nc1cccc(O)c1)c1ccc(-c2cccc(Cl)c2)o1. The highest BCUT2D eigenvalue weighted by molar-refractivity contribution is 6.30. The molecule has 0 unspecified atom stereocenters. The number of benzene rings is 2. The van der Waals surface area contributed by atoms with Gasteiger partial charge in [-0.15, -0.1) is 0 Å². The van der Waals surface area contributed by atoms with Crippen LogP contribution in [0.5, 0.6) is 5.75 Å². The van der Waals surface area contributed by atoms with Gasteiger partial charge in [0.1, 0.15) is 11.5 Å². The molecular weight excluding hydrogens is 302 g/mol. The number of phenolic OH excluding ortho intramolecular Hbond substituents is 1. The van der Waals surface area contributed by atoms with Crippen molar-refractivity contribution in [1.82, 2.24) is 0 Å². The molecule has 0 spiro atoms. The van der Waals surface area contributed by atoms with Crippen molar-refractivity contribution in [2.24, 2.45) is 0 Å². The molecule has 0 aliphatic heterocycles. The van der Waals surface area contributed by atoms with Crippen LogP contribution in [0.15, 0.2) is 65.1 Å². The van der Waals surface area contributed by atoms with E-state index in [2.05, 4.69) is 5.32 Å². The van der Waals surface area contributed by atoms with E-state index in [9.17, 15) is 9.90 Å². The summed E-state index contributed by atoms with van der Waals surface area (Å²) in [6, 6.07) is 16.8. The fraction of sp³-hybridized carbons (Fsp3) is 0. The summed E-state index contributed by atoms with van der Waals surface area (Å²) in [7, 11) is 0. The van der Waals surface area contributed by atoms with Crippen LogP contribution in [0.4, 0.5) is 5.69 Å². The number of carbonyl (C=O) groups excluding carboxylic acids is 1. The molecule has 0 atom stereocenters. The molecule has 1 amide bonds. The summed E-state index contributed by atoms with van der Waals surface area (Å²) in [6.45, 7) is 0. The van der Waals surface area contributed by atoms with Gasteiger partial charge in [0.15, 0.2) is 5.76 Å². The Morgan fingerprint density at radius 1 is 1.05 bits per heavy atom. The van der Waals surface area contributed by atoms with Gasteiger partial charge in [0.2, 0.25) is 0 Å². The van der Waals surface area contributed by atoms with Gasteiger partial charge in [-0.2, -0.15) is 0 Å². The van der Waals surface area contributed by atoms with Crippen molar-refractivity contribution in [1.29, 1.82) is 0 Å². The van der Waals surface area contributed by atoms with Gasteiger partial charge in [-0.05, 0) is 36.4 Å². The number of nitrogens with one attached hydrogen (secondary N) is 1. The van der Waals surface area contributed by atoms with Crippen LogP contribution >= 0.6 is 11.6 Å². The maximum Gasteiger partial charge on any atom is 0.291 e. The second-order valence-corrected chi connectivity index (χ2v) is 5.12. The molecule has 1 aromatic heterocycles. The van der Waals surface area contributed by atoms with Crippen LogP contribution in [0, 0.1) is 0 Å². The predicted molar refractivity (Wildman–Crippen MR) is 85.2 cm³/mol. The minimum Gasteiger partial charge on any atom is -0.508 e. The number of amides is 1. The van der Waals surface area contributed by atoms with E-state index in [-0.39, 0.29) is 17.4 Å². The highest BCUT2D eigenvalue weighted by atomic mass is 35.5. The molecule has 0 radical (unpaired) electrons. The highest BCUT2D eigenvalue weighted by Crippen LogP contribution is 2.25. The van der Waals surface area contributed by atoms with Crippen molar-refractivity contribution in [3.63, 3.8) is 0 Å². The van der Waals surface area contributed by atoms with Crippen LogP contribution in [0.2, 0.25) is 5.02 Å². The third-order valence-electron chi connectivity index (χ3n) is 3.04. The molecule has 0 saturated heterocycles. The van der Waals surface area contributed by atoms with Crippen LogP contribution in [0.25, 0.3) is 11.3 Å². The van der Waals surface area contributed by atoms with Gasteiger partial charge in [0.05, 0.1) is 0 Å². The molecule has 3 aromatic rings. The monoisotopic (exact) mass is 313 g/mol. The van der Waals surface area contributed by atoms with Crippen LogP contribution < -0.4 is 5.32 Å². The number of hydrogen-bond acceptors (Lipinski definition) is 3. The summed E-state index contributed by atoms with van der Waals surface area (Å²) in [6.07, 6.45) is 0. The lowest BCUT2D eigenvalue weighted by atomic mass is 10.2. The van der Waals surface area contributed by atoms with E-state index in [0.717, 1.165) is 5.56 Å². The van der Waals surface area contributed by atoms with E-state index in [1.807, 2.05) is 12.1 Å². The van der Waals surface area contributed by atoms with Crippen LogP contribution in [-0.2, 0) is 0 Å². The van der Waals surface area contributed by atoms with Gasteiger partial charge in [-0.25, -0.2) is 0 Å². The molecule has 22 heavy (non-hydrogen) atoms. The first kappa shape index (κ1) is 14.2. The Kier molecular flexibility index (Phi) is 3.85. The van der Waals surface area contributed by atoms with Gasteiger partial charge in [-0.3, -0.25) is 4.79 Å². The minimum atomic E-state index is -0.390. The first-order chi connectivity index (χ1) is 10.6. The van der Waals surface area contributed by atoms with Gasteiger partial charge >= 0.3 is 0 Å². The average molecular weight is 314 g/mol. The molecule has 110 valence electrons. The average Bonchev–Trinajstić information content (AvgIpc) is 2.97. The van der Waals surface area contributed by atoms with Gasteiger partial charge < -0.3 is 14.8 Å². The lowest BCUT2D eigenvalue weighted by Gasteiger charge is -2.03. The molecule has 1 heterocycles. The Labute approximate surface area is 132 Å². The number of carbonyl (C=O) groups is 1. The van der Waals surface area contributed by atoms with Crippen molar-refractivity contribution in [2.45, 2.75) is 0 Å². The number of phenols is 1. The van der Waals surface area contributed by atoms with Crippen LogP contribution in [0.1, 0.15) is 10.6 Å². The number of hydrogen-bond donors (Lipinski definition) is 2. The van der Waals surface area contributed by atoms with Gasteiger partial charge in [0, 0.05) is 22.3 Å². The first-order valence-corrected chi connectivity index (χ1v) is 6.96. The summed E-state index contributed by atoms with van der Waals surface area (Å²) < 4.78 is 5.56. The molecule has 0 aliphatic rings. The smallest absolute Gasteiger partial charge is 0.291 e. The Balaban J connectivity index is 1.80. The Bertz CT molecular complexity index is 826. The van der Waals surface area contributed by atoms with E-state index >= 15 is 0 Å². The summed E-state index contributed by atoms with van der Waals surface area (Å²) in [5, 5.41) is 12.6. The number of anilines is 1. The highest BCUT2D eigenvalue weighted by Gasteiger charge is 2.13. The van der Waals surface area contributed by atoms with Crippen molar-refractivity contribution in [3.8, 4) is 17.1 Å². The third-order valence-corrected chi connectivity index (χ3v) is 3.28. The molecule has 3 rings (SSSR count). The number of rotatable bonds is 3. The van der Waals surface area contributed by atoms with E-state index < -0.39 is 0 Å². The van der Waals surface area contributed by atoms with Gasteiger partial charge in [0.25, 0.3) is 5.91 Å². The van der Waals surface area contributed by atoms with Crippen molar-refractivity contribution in [2.75, 3.05) is 5.32 Å². The zero-order valence-electron chi connectivity index (χ0n) is 11.4. The Morgan fingerprint density at radius 3 is 2.64 bits per heavy atom. The van der Waals surface area contributed by atoms with Crippen LogP contribution in [-0.4, -0.2) is 11.0 Å². The molecule has 5 heteroatoms. The van der Waals surface area contributed by atoms with E-state index in [1.54, 1.807) is 36.4 Å². The largest absolute Gasteiger partial charge is 0.508 e. The Hall–Kier alpha value is -2.72. The molecule has 4 nitrogen and oxygen atoms in total. The second kappa shape index (κ2) is 5.95. The lowest BCUT2D eigenvalue weighted by Crippen LogP contribution is -2.10. The first-order valence-electron chi connectivity index (χ1n) is 6.58. The topological polar surface area (TPSA) is 62.5 Å². The lowest BCUT2D eigenvalue weighted by molar-refractivity contribution is 0.0997. The summed E-state index contributed by atoms with van der Waals surface area (Å²) in [5.41, 5.74) is 1.29. The number of aromatic hydroxyl groups is 1. The van der Waals surface area contributed by atoms with Crippen molar-refractivity contribution >= 4 is 23.2 Å². The quantitative estimate of drug-likeness (QED) is 0.745. The van der Waals surface area contributed by atoms with E-state index in [1.165, 1.54) is 12.1 Å². The normalized spacial score (nSPS) is 10.4. The maximum absolute atomic E-state index is 12.1. The second-order valence-electron chi connectivity index (χ2n) is 4.68. The van der Waals surface area contributed by atoms with Gasteiger partial charge in [-0.1, -0.05) is 29.8 Å². The number of furan rings is 1. The van der Waals surface area contributed by atoms with Crippen LogP contribution in [0.3, 0.4) is 0 Å². The van der Waals surface area contributed by atoms with Crippen molar-refractivity contribution in [3.05, 3.63) is 71.4 Å². The molecule has 0 saturated carbocycles. The summed E-state index contributed by atoms with van der Waals surface area (Å²) in [4.78, 5) is 12.1. The standard InChI is InChI=1S/C17H12ClNO3/c18-12-4-1-3-11(9-12)15-7-8-16(22-15)17(21)19-13-5-2-6-14(20)10-13/h1-10,20H,(H,19,21). The van der Waals surface area contributed by atoms with Crippen molar-refractivity contribution < 1.29 is 14.3 Å². The molecule has 2 aromatic carbocycles. The molecule has 0 aliphatic carbocycles. The molecule has 0 fully saturated rings. The fourth-order valence-electron chi connectivity index (χ4n) is 2.03. The summed E-state index contributed by atoms with van der Waals surface area (Å²) in [5.74, 6) is 0.428. The number of halogens is 1.